The third-order valence-corrected chi connectivity index (χ3v) is 1.84. The summed E-state index contributed by atoms with van der Waals surface area (Å²) >= 11 is 0. The zero-order valence-electron chi connectivity index (χ0n) is 7.52. The van der Waals surface area contributed by atoms with Crippen molar-refractivity contribution in [3.63, 3.8) is 0 Å². The highest BCUT2D eigenvalue weighted by Gasteiger charge is 2.32. The Labute approximate surface area is 79.8 Å². The summed E-state index contributed by atoms with van der Waals surface area (Å²) in [5.41, 5.74) is 0.0490. The van der Waals surface area contributed by atoms with Crippen LogP contribution in [0.1, 0.15) is 16.7 Å². The van der Waals surface area contributed by atoms with Crippen LogP contribution in [0.2, 0.25) is 0 Å². The van der Waals surface area contributed by atoms with Crippen LogP contribution in [0.3, 0.4) is 0 Å². The van der Waals surface area contributed by atoms with Crippen LogP contribution >= 0.6 is 0 Å². The molecule has 1 aromatic rings. The molecule has 0 saturated heterocycles. The monoisotopic (exact) mass is 199 g/mol. The van der Waals surface area contributed by atoms with Gasteiger partial charge in [0.05, 0.1) is 18.1 Å². The normalized spacial score (nSPS) is 11.1. The van der Waals surface area contributed by atoms with Gasteiger partial charge in [0.2, 0.25) is 0 Å². The lowest BCUT2D eigenvalue weighted by Crippen LogP contribution is -2.09. The Morgan fingerprint density at radius 3 is 2.50 bits per heavy atom. The van der Waals surface area contributed by atoms with E-state index in [1.54, 1.807) is 13.0 Å². The van der Waals surface area contributed by atoms with E-state index in [9.17, 15) is 13.2 Å². The van der Waals surface area contributed by atoms with Gasteiger partial charge in [0.15, 0.2) is 0 Å². The maximum absolute atomic E-state index is 12.4. The van der Waals surface area contributed by atoms with Gasteiger partial charge >= 0.3 is 6.18 Å². The summed E-state index contributed by atoms with van der Waals surface area (Å²) in [5.74, 6) is 0. The fourth-order valence-electron chi connectivity index (χ4n) is 1.23. The lowest BCUT2D eigenvalue weighted by atomic mass is 10.0. The first-order valence-electron chi connectivity index (χ1n) is 3.99. The highest BCUT2D eigenvalue weighted by atomic mass is 19.4. The average Bonchev–Trinajstić information content (AvgIpc) is 2.02. The zero-order chi connectivity index (χ0) is 10.8. The summed E-state index contributed by atoms with van der Waals surface area (Å²) in [6.45, 7) is 1.70. The Bertz CT molecular complexity index is 374. The van der Waals surface area contributed by atoms with Gasteiger partial charge < -0.3 is 0 Å². The number of aryl methyl sites for hydroxylation is 1. The minimum atomic E-state index is -4.38. The first-order valence-corrected chi connectivity index (χ1v) is 3.99. The fraction of sp³-hybridized carbons (Fsp3) is 0.300. The number of halogens is 3. The van der Waals surface area contributed by atoms with E-state index in [-0.39, 0.29) is 12.0 Å². The second kappa shape index (κ2) is 3.70. The Morgan fingerprint density at radius 2 is 2.00 bits per heavy atom. The van der Waals surface area contributed by atoms with Crippen LogP contribution in [-0.4, -0.2) is 0 Å². The van der Waals surface area contributed by atoms with Gasteiger partial charge in [0.25, 0.3) is 0 Å². The molecule has 0 aliphatic carbocycles. The maximum Gasteiger partial charge on any atom is 0.416 e. The van der Waals surface area contributed by atoms with Crippen molar-refractivity contribution in [2.24, 2.45) is 0 Å². The van der Waals surface area contributed by atoms with Gasteiger partial charge in [-0.3, -0.25) is 0 Å². The molecule has 1 nitrogen and oxygen atoms in total. The maximum atomic E-state index is 12.4. The lowest BCUT2D eigenvalue weighted by Gasteiger charge is -2.11. The molecule has 1 aromatic carbocycles. The van der Waals surface area contributed by atoms with E-state index in [0.29, 0.717) is 0 Å². The first-order chi connectivity index (χ1) is 6.45. The molecule has 0 spiro atoms. The highest BCUT2D eigenvalue weighted by molar-refractivity contribution is 5.35. The minimum absolute atomic E-state index is 0.0417. The largest absolute Gasteiger partial charge is 0.416 e. The molecule has 0 bridgehead atoms. The lowest BCUT2D eigenvalue weighted by molar-refractivity contribution is -0.138. The van der Waals surface area contributed by atoms with Crippen LogP contribution in [0.4, 0.5) is 13.2 Å². The molecule has 0 aliphatic rings. The molecular weight excluding hydrogens is 191 g/mol. The van der Waals surface area contributed by atoms with Crippen LogP contribution in [0, 0.1) is 18.3 Å². The third kappa shape index (κ3) is 2.25. The number of nitrogens with zero attached hydrogens (tertiary/aromatic N) is 1. The summed E-state index contributed by atoms with van der Waals surface area (Å²) in [6, 6.07) is 5.53. The van der Waals surface area contributed by atoms with Crippen molar-refractivity contribution < 1.29 is 13.2 Å². The van der Waals surface area contributed by atoms with E-state index in [4.69, 9.17) is 5.26 Å². The molecule has 0 aliphatic heterocycles. The van der Waals surface area contributed by atoms with Crippen LogP contribution in [0.25, 0.3) is 0 Å². The van der Waals surface area contributed by atoms with Crippen molar-refractivity contribution in [3.8, 4) is 6.07 Å². The predicted molar refractivity (Wildman–Crippen MR) is 45.5 cm³/mol. The number of hydrogen-bond acceptors (Lipinski definition) is 1. The molecule has 74 valence electrons. The molecule has 0 amide bonds. The summed E-state index contributed by atoms with van der Waals surface area (Å²) in [6.07, 6.45) is -4.59. The number of nitriles is 1. The molecule has 0 atom stereocenters. The van der Waals surface area contributed by atoms with Gasteiger partial charge in [-0.05, 0) is 18.6 Å². The van der Waals surface area contributed by atoms with Crippen LogP contribution in [-0.2, 0) is 12.6 Å². The van der Waals surface area contributed by atoms with E-state index in [2.05, 4.69) is 0 Å². The quantitative estimate of drug-likeness (QED) is 0.681. The Balaban J connectivity index is 3.23. The molecule has 0 radical (unpaired) electrons. The number of alkyl halides is 3. The average molecular weight is 199 g/mol. The molecule has 0 heterocycles. The van der Waals surface area contributed by atoms with Crippen LogP contribution in [0.15, 0.2) is 18.2 Å². The molecule has 4 heteroatoms. The Hall–Kier alpha value is -1.50. The number of rotatable bonds is 1. The SMILES string of the molecule is Cc1ccc(C(F)(F)F)c(CC#N)c1. The summed E-state index contributed by atoms with van der Waals surface area (Å²) in [5, 5.41) is 8.38. The molecular formula is C10H8F3N. The molecule has 0 fully saturated rings. The van der Waals surface area contributed by atoms with E-state index >= 15 is 0 Å². The number of benzene rings is 1. The van der Waals surface area contributed by atoms with Gasteiger partial charge in [-0.25, -0.2) is 0 Å². The highest BCUT2D eigenvalue weighted by Crippen LogP contribution is 2.32. The van der Waals surface area contributed by atoms with Crippen molar-refractivity contribution in [2.45, 2.75) is 19.5 Å². The van der Waals surface area contributed by atoms with Gasteiger partial charge in [0, 0.05) is 0 Å². The summed E-state index contributed by atoms with van der Waals surface area (Å²) in [4.78, 5) is 0. The predicted octanol–water partition coefficient (Wildman–Crippen LogP) is 3.08. The molecule has 0 saturated carbocycles. The van der Waals surface area contributed by atoms with Crippen molar-refractivity contribution in [1.29, 1.82) is 5.26 Å². The summed E-state index contributed by atoms with van der Waals surface area (Å²) < 4.78 is 37.2. The first kappa shape index (κ1) is 10.6. The van der Waals surface area contributed by atoms with Crippen LogP contribution in [0.5, 0.6) is 0 Å². The smallest absolute Gasteiger partial charge is 0.198 e. The third-order valence-electron chi connectivity index (χ3n) is 1.84. The fourth-order valence-corrected chi connectivity index (χ4v) is 1.23. The molecule has 14 heavy (non-hydrogen) atoms. The molecule has 0 N–H and O–H groups in total. The second-order valence-electron chi connectivity index (χ2n) is 2.99. The Kier molecular flexibility index (Phi) is 2.80. The van der Waals surface area contributed by atoms with Gasteiger partial charge in [-0.15, -0.1) is 0 Å². The minimum Gasteiger partial charge on any atom is -0.198 e. The topological polar surface area (TPSA) is 23.8 Å². The van der Waals surface area contributed by atoms with Gasteiger partial charge in [-0.2, -0.15) is 18.4 Å². The Morgan fingerprint density at radius 1 is 1.36 bits per heavy atom. The van der Waals surface area contributed by atoms with E-state index in [0.717, 1.165) is 11.6 Å². The number of hydrogen-bond donors (Lipinski definition) is 0. The van der Waals surface area contributed by atoms with E-state index < -0.39 is 11.7 Å². The van der Waals surface area contributed by atoms with Crippen LogP contribution < -0.4 is 0 Å². The molecule has 1 rings (SSSR count). The molecule has 0 aromatic heterocycles. The standard InChI is InChI=1S/C10H8F3N/c1-7-2-3-9(10(11,12)13)8(6-7)4-5-14/h2-3,6H,4H2,1H3. The zero-order valence-corrected chi connectivity index (χ0v) is 7.52. The van der Waals surface area contributed by atoms with Gasteiger partial charge in [-0.1, -0.05) is 17.7 Å². The van der Waals surface area contributed by atoms with Crippen molar-refractivity contribution >= 4 is 0 Å². The van der Waals surface area contributed by atoms with Gasteiger partial charge in [0.1, 0.15) is 0 Å². The summed E-state index contributed by atoms with van der Waals surface area (Å²) in [7, 11) is 0. The van der Waals surface area contributed by atoms with Crippen molar-refractivity contribution in [1.82, 2.24) is 0 Å². The van der Waals surface area contributed by atoms with Crippen molar-refractivity contribution in [2.75, 3.05) is 0 Å². The second-order valence-corrected chi connectivity index (χ2v) is 2.99. The van der Waals surface area contributed by atoms with E-state index in [1.807, 2.05) is 0 Å². The van der Waals surface area contributed by atoms with E-state index in [1.165, 1.54) is 12.1 Å². The molecule has 0 unspecified atom stereocenters. The van der Waals surface area contributed by atoms with Crippen molar-refractivity contribution in [3.05, 3.63) is 34.9 Å².